The van der Waals surface area contributed by atoms with E-state index in [4.69, 9.17) is 4.74 Å². The van der Waals surface area contributed by atoms with Crippen molar-refractivity contribution in [2.45, 2.75) is 46.0 Å². The van der Waals surface area contributed by atoms with Crippen molar-refractivity contribution in [3.63, 3.8) is 0 Å². The van der Waals surface area contributed by atoms with E-state index in [1.807, 2.05) is 6.92 Å². The van der Waals surface area contributed by atoms with E-state index >= 15 is 8.78 Å². The summed E-state index contributed by atoms with van der Waals surface area (Å²) in [6.07, 6.45) is 8.12. The molecule has 0 spiro atoms. The van der Waals surface area contributed by atoms with Crippen molar-refractivity contribution >= 4 is 11.6 Å². The largest absolute Gasteiger partial charge is 0.490 e. The third kappa shape index (κ3) is 5.66. The molecule has 0 heterocycles. The number of benzene rings is 3. The Morgan fingerprint density at radius 3 is 2.13 bits per heavy atom. The minimum Gasteiger partial charge on any atom is -0.490 e. The van der Waals surface area contributed by atoms with Gasteiger partial charge in [0.25, 0.3) is 0 Å². The smallest absolute Gasteiger partial charge is 0.201 e. The first-order chi connectivity index (χ1) is 18.2. The second kappa shape index (κ2) is 11.9. The highest BCUT2D eigenvalue weighted by Gasteiger charge is 2.23. The van der Waals surface area contributed by atoms with Gasteiger partial charge < -0.3 is 4.74 Å². The molecule has 0 bridgehead atoms. The highest BCUT2D eigenvalue weighted by molar-refractivity contribution is 5.73. The van der Waals surface area contributed by atoms with Crippen LogP contribution in [0.2, 0.25) is 0 Å². The minimum atomic E-state index is -1.30. The van der Waals surface area contributed by atoms with Crippen LogP contribution in [-0.2, 0) is 0 Å². The number of hydrogen-bond acceptors (Lipinski definition) is 1. The molecule has 200 valence electrons. The summed E-state index contributed by atoms with van der Waals surface area (Å²) in [5, 5.41) is 0. The van der Waals surface area contributed by atoms with Crippen molar-refractivity contribution < 1.29 is 31.1 Å². The van der Waals surface area contributed by atoms with Gasteiger partial charge in [0.2, 0.25) is 5.82 Å². The summed E-state index contributed by atoms with van der Waals surface area (Å²) in [7, 11) is 0. The Hall–Kier alpha value is -3.48. The Morgan fingerprint density at radius 1 is 0.789 bits per heavy atom. The number of hydrogen-bond donors (Lipinski definition) is 0. The van der Waals surface area contributed by atoms with E-state index in [2.05, 4.69) is 0 Å². The fourth-order valence-electron chi connectivity index (χ4n) is 4.49. The van der Waals surface area contributed by atoms with Crippen LogP contribution in [0.5, 0.6) is 5.75 Å². The van der Waals surface area contributed by atoms with Crippen LogP contribution in [0.4, 0.5) is 26.3 Å². The number of rotatable bonds is 8. The molecule has 0 radical (unpaired) electrons. The minimum absolute atomic E-state index is 0.0184. The van der Waals surface area contributed by atoms with Crippen molar-refractivity contribution in [1.29, 1.82) is 0 Å². The van der Waals surface area contributed by atoms with E-state index in [0.717, 1.165) is 6.42 Å². The van der Waals surface area contributed by atoms with Gasteiger partial charge >= 0.3 is 0 Å². The molecule has 0 amide bonds. The Bertz CT molecular complexity index is 1390. The number of halogens is 6. The summed E-state index contributed by atoms with van der Waals surface area (Å²) < 4.78 is 92.5. The summed E-state index contributed by atoms with van der Waals surface area (Å²) in [5.41, 5.74) is 0.253. The molecule has 0 fully saturated rings. The van der Waals surface area contributed by atoms with Crippen LogP contribution in [0, 0.1) is 47.7 Å². The van der Waals surface area contributed by atoms with Crippen LogP contribution in [0.25, 0.3) is 22.8 Å². The van der Waals surface area contributed by atoms with Gasteiger partial charge in [0, 0.05) is 22.3 Å². The van der Waals surface area contributed by atoms with E-state index in [-0.39, 0.29) is 40.5 Å². The van der Waals surface area contributed by atoms with Crippen molar-refractivity contribution in [2.75, 3.05) is 6.61 Å². The van der Waals surface area contributed by atoms with Crippen molar-refractivity contribution in [1.82, 2.24) is 0 Å². The van der Waals surface area contributed by atoms with Crippen LogP contribution >= 0.6 is 0 Å². The monoisotopic (exact) mass is 530 g/mol. The second-order valence-corrected chi connectivity index (χ2v) is 9.45. The van der Waals surface area contributed by atoms with Gasteiger partial charge in [0.05, 0.1) is 6.61 Å². The maximum absolute atomic E-state index is 15.1. The van der Waals surface area contributed by atoms with Gasteiger partial charge in [0.15, 0.2) is 34.8 Å². The van der Waals surface area contributed by atoms with Crippen molar-refractivity contribution in [3.05, 3.63) is 100 Å². The predicted molar refractivity (Wildman–Crippen MR) is 138 cm³/mol. The van der Waals surface area contributed by atoms with Gasteiger partial charge in [-0.1, -0.05) is 55.8 Å². The zero-order valence-electron chi connectivity index (χ0n) is 21.2. The van der Waals surface area contributed by atoms with E-state index < -0.39 is 40.5 Å². The third-order valence-corrected chi connectivity index (χ3v) is 6.83. The first kappa shape index (κ1) is 27.6. The highest BCUT2D eigenvalue weighted by atomic mass is 19.2. The summed E-state index contributed by atoms with van der Waals surface area (Å²) in [4.78, 5) is 0. The van der Waals surface area contributed by atoms with Gasteiger partial charge in [-0.2, -0.15) is 4.39 Å². The molecular formula is C31H28F6O. The normalized spacial score (nSPS) is 15.7. The standard InChI is InChI=1S/C31H28F6O/c1-3-4-17-38-25-16-15-24(30(36)31(25)37)23-14-13-22(28(34)29(23)35)20-10-6-19(7-11-20)8-12-21-9-5-18(2)26(32)27(21)33/h5,8-10,12-16,19H,3-4,6-7,11,17H2,1-2H3/b12-8+. The molecule has 0 aliphatic heterocycles. The summed E-state index contributed by atoms with van der Waals surface area (Å²) in [5.74, 6) is -6.98. The number of allylic oxidation sites excluding steroid dienone is 3. The third-order valence-electron chi connectivity index (χ3n) is 6.83. The SMILES string of the molecule is CCCCOc1ccc(-c2ccc(C3=CCC(/C=C/c4ccc(C)c(F)c4F)CC3)c(F)c2F)c(F)c1F. The van der Waals surface area contributed by atoms with Gasteiger partial charge in [-0.15, -0.1) is 0 Å². The molecule has 0 aromatic heterocycles. The Balaban J connectivity index is 1.51. The average molecular weight is 531 g/mol. The zero-order chi connectivity index (χ0) is 27.4. The molecular weight excluding hydrogens is 502 g/mol. The lowest BCUT2D eigenvalue weighted by atomic mass is 9.85. The molecule has 3 aromatic rings. The zero-order valence-corrected chi connectivity index (χ0v) is 21.2. The van der Waals surface area contributed by atoms with Crippen molar-refractivity contribution in [2.24, 2.45) is 5.92 Å². The fourth-order valence-corrected chi connectivity index (χ4v) is 4.49. The number of aryl methyl sites for hydroxylation is 1. The van der Waals surface area contributed by atoms with Crippen molar-refractivity contribution in [3.8, 4) is 16.9 Å². The van der Waals surface area contributed by atoms with Gasteiger partial charge in [-0.25, -0.2) is 22.0 Å². The molecule has 3 aromatic carbocycles. The molecule has 1 atom stereocenters. The van der Waals surface area contributed by atoms with Crippen LogP contribution in [0.1, 0.15) is 55.7 Å². The van der Waals surface area contributed by atoms with Gasteiger partial charge in [-0.3, -0.25) is 0 Å². The van der Waals surface area contributed by atoms with E-state index in [1.54, 1.807) is 12.2 Å². The first-order valence-electron chi connectivity index (χ1n) is 12.6. The van der Waals surface area contributed by atoms with Crippen LogP contribution in [0.3, 0.4) is 0 Å². The summed E-state index contributed by atoms with van der Waals surface area (Å²) in [6.45, 7) is 3.64. The first-order valence-corrected chi connectivity index (χ1v) is 12.6. The highest BCUT2D eigenvalue weighted by Crippen LogP contribution is 2.37. The topological polar surface area (TPSA) is 9.23 Å². The summed E-state index contributed by atoms with van der Waals surface area (Å²) >= 11 is 0. The lowest BCUT2D eigenvalue weighted by Gasteiger charge is -2.20. The molecule has 1 nitrogen and oxygen atoms in total. The lowest BCUT2D eigenvalue weighted by molar-refractivity contribution is 0.289. The molecule has 38 heavy (non-hydrogen) atoms. The molecule has 1 unspecified atom stereocenters. The maximum atomic E-state index is 15.1. The molecule has 4 rings (SSSR count). The Kier molecular flexibility index (Phi) is 8.65. The Labute approximate surface area is 218 Å². The number of unbranched alkanes of at least 4 members (excludes halogenated alkanes) is 1. The van der Waals surface area contributed by atoms with Gasteiger partial charge in [-0.05, 0) is 61.8 Å². The molecule has 1 aliphatic rings. The molecule has 0 saturated heterocycles. The van der Waals surface area contributed by atoms with Crippen LogP contribution in [-0.4, -0.2) is 6.61 Å². The van der Waals surface area contributed by atoms with Crippen LogP contribution < -0.4 is 4.74 Å². The molecule has 0 N–H and O–H groups in total. The molecule has 7 heteroatoms. The molecule has 0 saturated carbocycles. The van der Waals surface area contributed by atoms with E-state index in [9.17, 15) is 17.6 Å². The Morgan fingerprint density at radius 2 is 1.45 bits per heavy atom. The van der Waals surface area contributed by atoms with E-state index in [1.165, 1.54) is 49.4 Å². The fraction of sp³-hybridized carbons (Fsp3) is 0.290. The molecule has 1 aliphatic carbocycles. The second-order valence-electron chi connectivity index (χ2n) is 9.45. The quantitative estimate of drug-likeness (QED) is 0.208. The summed E-state index contributed by atoms with van der Waals surface area (Å²) in [6, 6.07) is 8.01. The van der Waals surface area contributed by atoms with Crippen LogP contribution in [0.15, 0.2) is 48.6 Å². The van der Waals surface area contributed by atoms with E-state index in [0.29, 0.717) is 31.3 Å². The maximum Gasteiger partial charge on any atom is 0.201 e. The number of ether oxygens (including phenoxy) is 1. The average Bonchev–Trinajstić information content (AvgIpc) is 2.92. The predicted octanol–water partition coefficient (Wildman–Crippen LogP) is 9.57. The lowest BCUT2D eigenvalue weighted by Crippen LogP contribution is -2.06. The van der Waals surface area contributed by atoms with Gasteiger partial charge in [0.1, 0.15) is 0 Å².